The summed E-state index contributed by atoms with van der Waals surface area (Å²) >= 11 is 0. The predicted octanol–water partition coefficient (Wildman–Crippen LogP) is 17.0. The van der Waals surface area contributed by atoms with Gasteiger partial charge in [-0.15, -0.1) is 0 Å². The van der Waals surface area contributed by atoms with Crippen LogP contribution in [0.5, 0.6) is 0 Å². The van der Waals surface area contributed by atoms with Crippen molar-refractivity contribution in [1.82, 2.24) is 9.13 Å². The number of aromatic nitrogens is 2. The van der Waals surface area contributed by atoms with Crippen LogP contribution in [0.2, 0.25) is 0 Å². The lowest BCUT2D eigenvalue weighted by Crippen LogP contribution is -2.09. The van der Waals surface area contributed by atoms with Crippen molar-refractivity contribution in [3.8, 4) is 22.5 Å². The van der Waals surface area contributed by atoms with Crippen LogP contribution in [0.15, 0.2) is 255 Å². The summed E-state index contributed by atoms with van der Waals surface area (Å²) < 4.78 is 4.77. The van der Waals surface area contributed by atoms with Crippen molar-refractivity contribution in [2.75, 3.05) is 4.90 Å². The highest BCUT2D eigenvalue weighted by atomic mass is 15.1. The van der Waals surface area contributed by atoms with E-state index in [4.69, 9.17) is 0 Å². The van der Waals surface area contributed by atoms with Gasteiger partial charge in [-0.1, -0.05) is 164 Å². The zero-order chi connectivity index (χ0) is 44.5. The van der Waals surface area contributed by atoms with Crippen molar-refractivity contribution in [3.05, 3.63) is 271 Å². The summed E-state index contributed by atoms with van der Waals surface area (Å²) in [7, 11) is 0. The van der Waals surface area contributed by atoms with Gasteiger partial charge in [-0.05, 0) is 144 Å². The first kappa shape index (κ1) is 40.1. The number of para-hydroxylation sites is 5. The molecule has 10 aromatic carbocycles. The van der Waals surface area contributed by atoms with Gasteiger partial charge in [0, 0.05) is 50.0 Å². The maximum absolute atomic E-state index is 2.44. The van der Waals surface area contributed by atoms with Crippen LogP contribution in [0, 0.1) is 0 Å². The molecule has 3 nitrogen and oxygen atoms in total. The second-order valence-electron chi connectivity index (χ2n) is 17.7. The highest BCUT2D eigenvalue weighted by Gasteiger charge is 2.19. The summed E-state index contributed by atoms with van der Waals surface area (Å²) in [5, 5.41) is 5.08. The fraction of sp³-hybridized carbons (Fsp3) is 0.0625. The number of aryl methyl sites for hydroxylation is 1. The molecular formula is C64H49N3. The number of nitrogens with zero attached hydrogens (tertiary/aromatic N) is 3. The van der Waals surface area contributed by atoms with Crippen LogP contribution < -0.4 is 4.90 Å². The molecule has 0 aliphatic carbocycles. The van der Waals surface area contributed by atoms with E-state index in [0.29, 0.717) is 5.92 Å². The molecule has 67 heavy (non-hydrogen) atoms. The number of benzene rings is 10. The van der Waals surface area contributed by atoms with Crippen molar-refractivity contribution < 1.29 is 0 Å². The van der Waals surface area contributed by atoms with Crippen molar-refractivity contribution in [2.24, 2.45) is 0 Å². The third kappa shape index (κ3) is 7.65. The molecule has 0 amide bonds. The van der Waals surface area contributed by atoms with Gasteiger partial charge in [-0.3, -0.25) is 0 Å². The lowest BCUT2D eigenvalue weighted by atomic mass is 9.86. The number of rotatable bonds is 12. The van der Waals surface area contributed by atoms with E-state index in [1.807, 2.05) is 0 Å². The average Bonchev–Trinajstić information content (AvgIpc) is 3.91. The monoisotopic (exact) mass is 859 g/mol. The first-order valence-corrected chi connectivity index (χ1v) is 23.5. The molecule has 1 atom stereocenters. The fourth-order valence-corrected chi connectivity index (χ4v) is 10.4. The van der Waals surface area contributed by atoms with E-state index in [2.05, 4.69) is 269 Å². The number of hydrogen-bond acceptors (Lipinski definition) is 1. The van der Waals surface area contributed by atoms with Crippen LogP contribution in [-0.2, 0) is 12.8 Å². The van der Waals surface area contributed by atoms with Gasteiger partial charge >= 0.3 is 0 Å². The molecule has 0 aliphatic heterocycles. The van der Waals surface area contributed by atoms with E-state index in [1.165, 1.54) is 77.1 Å². The van der Waals surface area contributed by atoms with Crippen molar-refractivity contribution >= 4 is 60.7 Å². The van der Waals surface area contributed by atoms with E-state index < -0.39 is 0 Å². The van der Waals surface area contributed by atoms with Gasteiger partial charge in [0.2, 0.25) is 0 Å². The van der Waals surface area contributed by atoms with Crippen LogP contribution in [0.1, 0.15) is 29.0 Å². The van der Waals surface area contributed by atoms with Crippen LogP contribution in [0.25, 0.3) is 66.1 Å². The van der Waals surface area contributed by atoms with Gasteiger partial charge in [0.1, 0.15) is 0 Å². The molecule has 0 saturated carbocycles. The molecule has 0 saturated heterocycles. The van der Waals surface area contributed by atoms with Gasteiger partial charge in [-0.2, -0.15) is 0 Å². The maximum atomic E-state index is 2.44. The zero-order valence-electron chi connectivity index (χ0n) is 37.3. The second-order valence-corrected chi connectivity index (χ2v) is 17.7. The minimum absolute atomic E-state index is 0.393. The summed E-state index contributed by atoms with van der Waals surface area (Å²) in [6.07, 6.45) is 3.06. The fourth-order valence-electron chi connectivity index (χ4n) is 10.4. The van der Waals surface area contributed by atoms with Gasteiger partial charge in [-0.25, -0.2) is 0 Å². The Morgan fingerprint density at radius 3 is 1.36 bits per heavy atom. The molecule has 0 aliphatic rings. The molecule has 1 unspecified atom stereocenters. The standard InChI is InChI=1S/C64H49N3/c1-5-17-48(18-6-1)51(43-47-32-41-63-59(44-47)57-25-13-15-27-61(57)66(63)53-21-9-3-10-22-53)35-31-46-29-33-49(34-30-46)50-36-38-55(39-37-50)65(52-19-7-2-8-20-52)56-40-42-64-60(45-56)58-26-14-16-28-62(58)67(64)54-23-11-4-12-24-54/h1-30,32-34,36-42,44-45,51H,31,35,43H2. The normalized spacial score (nSPS) is 12.0. The predicted molar refractivity (Wildman–Crippen MR) is 283 cm³/mol. The highest BCUT2D eigenvalue weighted by Crippen LogP contribution is 2.41. The smallest absolute Gasteiger partial charge is 0.0542 e. The molecule has 0 fully saturated rings. The van der Waals surface area contributed by atoms with Gasteiger partial charge in [0.05, 0.1) is 22.1 Å². The first-order valence-electron chi connectivity index (χ1n) is 23.5. The summed E-state index contributed by atoms with van der Waals surface area (Å²) in [5.41, 5.74) is 17.2. The average molecular weight is 860 g/mol. The van der Waals surface area contributed by atoms with Crippen LogP contribution >= 0.6 is 0 Å². The topological polar surface area (TPSA) is 13.1 Å². The van der Waals surface area contributed by atoms with E-state index in [0.717, 1.165) is 42.0 Å². The molecule has 3 heteroatoms. The van der Waals surface area contributed by atoms with Crippen molar-refractivity contribution in [3.63, 3.8) is 0 Å². The second kappa shape index (κ2) is 17.5. The zero-order valence-corrected chi connectivity index (χ0v) is 37.3. The number of hydrogen-bond donors (Lipinski definition) is 0. The Labute approximate surface area is 392 Å². The van der Waals surface area contributed by atoms with Crippen molar-refractivity contribution in [1.29, 1.82) is 0 Å². The lowest BCUT2D eigenvalue weighted by molar-refractivity contribution is 0.621. The Morgan fingerprint density at radius 1 is 0.328 bits per heavy atom. The Hall–Kier alpha value is -8.40. The van der Waals surface area contributed by atoms with Crippen LogP contribution in [-0.4, -0.2) is 9.13 Å². The van der Waals surface area contributed by atoms with E-state index in [9.17, 15) is 0 Å². The molecule has 0 radical (unpaired) electrons. The number of anilines is 3. The molecule has 0 N–H and O–H groups in total. The van der Waals surface area contributed by atoms with E-state index in [-0.39, 0.29) is 0 Å². The molecule has 2 heterocycles. The van der Waals surface area contributed by atoms with E-state index in [1.54, 1.807) is 0 Å². The molecule has 12 rings (SSSR count). The van der Waals surface area contributed by atoms with Crippen LogP contribution in [0.4, 0.5) is 17.1 Å². The summed E-state index contributed by atoms with van der Waals surface area (Å²) in [6.45, 7) is 0. The van der Waals surface area contributed by atoms with Gasteiger partial charge in [0.15, 0.2) is 0 Å². The highest BCUT2D eigenvalue weighted by molar-refractivity contribution is 6.11. The first-order chi connectivity index (χ1) is 33.2. The summed E-state index contributed by atoms with van der Waals surface area (Å²) in [6, 6.07) is 93.0. The molecule has 12 aromatic rings. The minimum Gasteiger partial charge on any atom is -0.310 e. The molecule has 2 aromatic heterocycles. The summed E-state index contributed by atoms with van der Waals surface area (Å²) in [4.78, 5) is 2.37. The Morgan fingerprint density at radius 2 is 0.761 bits per heavy atom. The molecule has 320 valence electrons. The Kier molecular flexibility index (Phi) is 10.5. The SMILES string of the molecule is c1ccc(C(CCc2ccc(-c3ccc(N(c4ccccc4)c4ccc5c(c4)c4ccccc4n5-c4ccccc4)cc3)cc2)Cc2ccc3c(c2)c2ccccc2n3-c2ccccc2)cc1. The van der Waals surface area contributed by atoms with Gasteiger partial charge in [0.25, 0.3) is 0 Å². The Balaban J connectivity index is 0.801. The largest absolute Gasteiger partial charge is 0.310 e. The lowest BCUT2D eigenvalue weighted by Gasteiger charge is -2.26. The summed E-state index contributed by atoms with van der Waals surface area (Å²) in [5.74, 6) is 0.393. The van der Waals surface area contributed by atoms with E-state index >= 15 is 0 Å². The van der Waals surface area contributed by atoms with Gasteiger partial charge < -0.3 is 14.0 Å². The quantitative estimate of drug-likeness (QED) is 0.119. The maximum Gasteiger partial charge on any atom is 0.0542 e. The minimum atomic E-state index is 0.393. The molecular weight excluding hydrogens is 811 g/mol. The van der Waals surface area contributed by atoms with Crippen molar-refractivity contribution in [2.45, 2.75) is 25.2 Å². The molecule has 0 spiro atoms. The number of fused-ring (bicyclic) bond motifs is 6. The molecule has 0 bridgehead atoms. The third-order valence-electron chi connectivity index (χ3n) is 13.6. The third-order valence-corrected chi connectivity index (χ3v) is 13.6. The van der Waals surface area contributed by atoms with Crippen LogP contribution in [0.3, 0.4) is 0 Å². The Bertz CT molecular complexity index is 3630.